The van der Waals surface area contributed by atoms with Crippen LogP contribution < -0.4 is 10.9 Å². The average Bonchev–Trinajstić information content (AvgIpc) is 1.98. The highest BCUT2D eigenvalue weighted by Gasteiger charge is 2.16. The summed E-state index contributed by atoms with van der Waals surface area (Å²) in [5.74, 6) is 0. The maximum Gasteiger partial charge on any atom is 0.239 e. The maximum absolute atomic E-state index is 10.9. The van der Waals surface area contributed by atoms with Crippen LogP contribution in [0.4, 0.5) is 5.69 Å². The summed E-state index contributed by atoms with van der Waals surface area (Å²) in [6.07, 6.45) is 0. The van der Waals surface area contributed by atoms with Crippen LogP contribution in [0, 0.1) is 0 Å². The standard InChI is InChI=1S/C6H6Cl2N2O2S/c7-3-1-2-4(13(10,11)12)5(8)6(3)9/h1-2H,9H2,(H2,10,11,12). The molecule has 0 saturated carbocycles. The third-order valence-corrected chi connectivity index (χ3v) is 3.20. The van der Waals surface area contributed by atoms with Crippen molar-refractivity contribution in [2.75, 3.05) is 5.73 Å². The normalized spacial score (nSPS) is 11.6. The zero-order valence-electron chi connectivity index (χ0n) is 6.29. The molecule has 13 heavy (non-hydrogen) atoms. The molecule has 7 heteroatoms. The Morgan fingerprint density at radius 1 is 1.23 bits per heavy atom. The fourth-order valence-corrected chi connectivity index (χ4v) is 2.08. The van der Waals surface area contributed by atoms with Gasteiger partial charge in [-0.2, -0.15) is 0 Å². The number of nitrogens with two attached hydrogens (primary N) is 2. The van der Waals surface area contributed by atoms with E-state index < -0.39 is 10.0 Å². The third-order valence-electron chi connectivity index (χ3n) is 1.40. The van der Waals surface area contributed by atoms with Gasteiger partial charge >= 0.3 is 0 Å². The molecule has 0 aromatic heterocycles. The number of nitrogen functional groups attached to an aromatic ring is 1. The van der Waals surface area contributed by atoms with Crippen LogP contribution in [-0.4, -0.2) is 8.42 Å². The smallest absolute Gasteiger partial charge is 0.239 e. The molecule has 0 atom stereocenters. The number of hydrogen-bond donors (Lipinski definition) is 2. The van der Waals surface area contributed by atoms with Gasteiger partial charge in [0.15, 0.2) is 0 Å². The van der Waals surface area contributed by atoms with Crippen LogP contribution in [0.2, 0.25) is 10.0 Å². The monoisotopic (exact) mass is 240 g/mol. The lowest BCUT2D eigenvalue weighted by molar-refractivity contribution is 0.598. The largest absolute Gasteiger partial charge is 0.396 e. The second-order valence-electron chi connectivity index (χ2n) is 2.32. The summed E-state index contributed by atoms with van der Waals surface area (Å²) in [4.78, 5) is -0.226. The van der Waals surface area contributed by atoms with Gasteiger partial charge in [0.1, 0.15) is 4.90 Å². The molecule has 0 bridgehead atoms. The van der Waals surface area contributed by atoms with Crippen LogP contribution in [-0.2, 0) is 10.0 Å². The molecule has 0 heterocycles. The second kappa shape index (κ2) is 3.34. The lowest BCUT2D eigenvalue weighted by Crippen LogP contribution is -2.13. The van der Waals surface area contributed by atoms with E-state index >= 15 is 0 Å². The Bertz CT molecular complexity index is 444. The fraction of sp³-hybridized carbons (Fsp3) is 0. The van der Waals surface area contributed by atoms with Crippen LogP contribution in [0.15, 0.2) is 17.0 Å². The number of anilines is 1. The third kappa shape index (κ3) is 2.05. The van der Waals surface area contributed by atoms with E-state index in [4.69, 9.17) is 34.1 Å². The molecule has 0 unspecified atom stereocenters. The van der Waals surface area contributed by atoms with Gasteiger partial charge in [-0.3, -0.25) is 0 Å². The van der Waals surface area contributed by atoms with Crippen molar-refractivity contribution in [3.05, 3.63) is 22.2 Å². The van der Waals surface area contributed by atoms with Crippen molar-refractivity contribution in [2.24, 2.45) is 5.14 Å². The van der Waals surface area contributed by atoms with E-state index in [1.807, 2.05) is 0 Å². The van der Waals surface area contributed by atoms with E-state index in [9.17, 15) is 8.42 Å². The molecule has 0 fully saturated rings. The molecule has 0 spiro atoms. The summed E-state index contributed by atoms with van der Waals surface area (Å²) in [6.45, 7) is 0. The average molecular weight is 241 g/mol. The summed E-state index contributed by atoms with van der Waals surface area (Å²) in [5.41, 5.74) is 5.40. The first-order valence-corrected chi connectivity index (χ1v) is 5.40. The highest BCUT2D eigenvalue weighted by Crippen LogP contribution is 2.32. The summed E-state index contributed by atoms with van der Waals surface area (Å²) in [6, 6.07) is 2.53. The minimum absolute atomic E-state index is 0.00913. The van der Waals surface area contributed by atoms with Crippen LogP contribution in [0.5, 0.6) is 0 Å². The van der Waals surface area contributed by atoms with Gasteiger partial charge in [-0.05, 0) is 12.1 Å². The van der Waals surface area contributed by atoms with Gasteiger partial charge in [0, 0.05) is 0 Å². The van der Waals surface area contributed by atoms with E-state index in [1.165, 1.54) is 12.1 Å². The molecule has 4 nitrogen and oxygen atoms in total. The van der Waals surface area contributed by atoms with Gasteiger partial charge in [0.05, 0.1) is 15.7 Å². The van der Waals surface area contributed by atoms with E-state index in [0.29, 0.717) is 0 Å². The minimum Gasteiger partial charge on any atom is -0.396 e. The van der Waals surface area contributed by atoms with Crippen molar-refractivity contribution in [3.63, 3.8) is 0 Å². The molecule has 1 aromatic rings. The molecule has 1 rings (SSSR count). The Hall–Kier alpha value is -0.490. The topological polar surface area (TPSA) is 86.2 Å². The zero-order chi connectivity index (χ0) is 10.2. The number of sulfonamides is 1. The fourth-order valence-electron chi connectivity index (χ4n) is 0.769. The lowest BCUT2D eigenvalue weighted by atomic mass is 10.3. The molecule has 0 aliphatic heterocycles. The van der Waals surface area contributed by atoms with Gasteiger partial charge in [0.2, 0.25) is 10.0 Å². The Balaban J connectivity index is 3.53. The van der Waals surface area contributed by atoms with Crippen molar-refractivity contribution < 1.29 is 8.42 Å². The molecule has 0 amide bonds. The van der Waals surface area contributed by atoms with Crippen molar-refractivity contribution in [3.8, 4) is 0 Å². The van der Waals surface area contributed by atoms with E-state index in [0.717, 1.165) is 0 Å². The number of halogens is 2. The van der Waals surface area contributed by atoms with Crippen LogP contribution in [0.1, 0.15) is 0 Å². The number of benzene rings is 1. The Labute approximate surface area is 85.5 Å². The number of primary sulfonamides is 1. The van der Waals surface area contributed by atoms with Crippen molar-refractivity contribution in [2.45, 2.75) is 4.90 Å². The minimum atomic E-state index is -3.84. The SMILES string of the molecule is Nc1c(Cl)ccc(S(N)(=O)=O)c1Cl. The summed E-state index contributed by atoms with van der Waals surface area (Å²) in [5, 5.41) is 4.91. The lowest BCUT2D eigenvalue weighted by Gasteiger charge is -2.05. The molecular weight excluding hydrogens is 235 g/mol. The highest BCUT2D eigenvalue weighted by molar-refractivity contribution is 7.89. The van der Waals surface area contributed by atoms with Crippen molar-refractivity contribution in [1.29, 1.82) is 0 Å². The van der Waals surface area contributed by atoms with E-state index in [2.05, 4.69) is 0 Å². The molecular formula is C6H6Cl2N2O2S. The summed E-state index contributed by atoms with van der Waals surface area (Å²) < 4.78 is 21.8. The van der Waals surface area contributed by atoms with E-state index in [-0.39, 0.29) is 20.6 Å². The summed E-state index contributed by atoms with van der Waals surface area (Å²) >= 11 is 11.2. The molecule has 4 N–H and O–H groups in total. The van der Waals surface area contributed by atoms with Gasteiger partial charge in [-0.25, -0.2) is 13.6 Å². The molecule has 0 aliphatic carbocycles. The zero-order valence-corrected chi connectivity index (χ0v) is 8.62. The van der Waals surface area contributed by atoms with Crippen LogP contribution in [0.3, 0.4) is 0 Å². The quantitative estimate of drug-likeness (QED) is 0.725. The predicted molar refractivity (Wildman–Crippen MR) is 52.2 cm³/mol. The molecule has 1 aromatic carbocycles. The molecule has 0 radical (unpaired) electrons. The Morgan fingerprint density at radius 3 is 2.23 bits per heavy atom. The molecule has 0 aliphatic rings. The van der Waals surface area contributed by atoms with Crippen LogP contribution >= 0.6 is 23.2 Å². The maximum atomic E-state index is 10.9. The van der Waals surface area contributed by atoms with E-state index in [1.54, 1.807) is 0 Å². The molecule has 0 saturated heterocycles. The first-order valence-electron chi connectivity index (χ1n) is 3.10. The van der Waals surface area contributed by atoms with Crippen LogP contribution in [0.25, 0.3) is 0 Å². The van der Waals surface area contributed by atoms with Gasteiger partial charge in [0.25, 0.3) is 0 Å². The van der Waals surface area contributed by atoms with Crippen molar-refractivity contribution in [1.82, 2.24) is 0 Å². The number of hydrogen-bond acceptors (Lipinski definition) is 3. The van der Waals surface area contributed by atoms with Gasteiger partial charge in [-0.1, -0.05) is 23.2 Å². The second-order valence-corrected chi connectivity index (χ2v) is 4.63. The molecule has 72 valence electrons. The van der Waals surface area contributed by atoms with Gasteiger partial charge in [-0.15, -0.1) is 0 Å². The highest BCUT2D eigenvalue weighted by atomic mass is 35.5. The van der Waals surface area contributed by atoms with Crippen molar-refractivity contribution >= 4 is 38.9 Å². The number of rotatable bonds is 1. The Kier molecular flexibility index (Phi) is 2.72. The first kappa shape index (κ1) is 10.6. The van der Waals surface area contributed by atoms with Gasteiger partial charge < -0.3 is 5.73 Å². The summed E-state index contributed by atoms with van der Waals surface area (Å²) in [7, 11) is -3.84. The Morgan fingerprint density at radius 2 is 1.77 bits per heavy atom. The predicted octanol–water partition coefficient (Wildman–Crippen LogP) is 1.22. The first-order chi connectivity index (χ1) is 5.84.